The summed E-state index contributed by atoms with van der Waals surface area (Å²) in [6.45, 7) is 5.43. The number of nitrogens with zero attached hydrogens (tertiary/aromatic N) is 1. The van der Waals surface area contributed by atoms with Crippen LogP contribution in [0, 0.1) is 10.1 Å². The number of aliphatic hydroxyl groups is 1. The van der Waals surface area contributed by atoms with Gasteiger partial charge < -0.3 is 19.3 Å². The monoisotopic (exact) mass is 477 g/mol. The highest BCUT2D eigenvalue weighted by Crippen LogP contribution is 2.24. The molecule has 1 aliphatic heterocycles. The number of hydrogen-bond donors (Lipinski definition) is 1. The van der Waals surface area contributed by atoms with E-state index < -0.39 is 35.2 Å². The molecule has 1 N–H and O–H groups in total. The van der Waals surface area contributed by atoms with Crippen molar-refractivity contribution in [2.45, 2.75) is 90.3 Å². The minimum Gasteiger partial charge on any atom is -0.459 e. The first-order valence-electron chi connectivity index (χ1n) is 11.9. The van der Waals surface area contributed by atoms with E-state index in [4.69, 9.17) is 14.2 Å². The first-order valence-corrected chi connectivity index (χ1v) is 11.9. The molecule has 1 aromatic carbocycles. The molecule has 9 nitrogen and oxygen atoms in total. The van der Waals surface area contributed by atoms with E-state index >= 15 is 0 Å². The lowest BCUT2D eigenvalue weighted by atomic mass is 9.94. The number of non-ortho nitro benzene ring substituents is 1. The topological polar surface area (TPSA) is 125 Å². The highest BCUT2D eigenvalue weighted by molar-refractivity contribution is 6.00. The van der Waals surface area contributed by atoms with E-state index in [0.29, 0.717) is 6.42 Å². The van der Waals surface area contributed by atoms with E-state index in [-0.39, 0.29) is 29.5 Å². The smallest absolute Gasteiger partial charge is 0.338 e. The number of benzene rings is 1. The standard InChI is InChI=1S/C25H35NO8/c1-4-5-6-7-8-9-10-21(27)20-15-23(33-17(2)3)34-22(24(20)28)16-32-25(29)18-11-13-19(14-12-18)26(30)31/h11-15,17,21-23,27H,4-10,16H2,1-3H3/t21-,22-,23+/m1/s1. The van der Waals surface area contributed by atoms with E-state index in [0.717, 1.165) is 32.1 Å². The minimum absolute atomic E-state index is 0.114. The van der Waals surface area contributed by atoms with Crippen LogP contribution in [0.1, 0.15) is 76.1 Å². The lowest BCUT2D eigenvalue weighted by Crippen LogP contribution is -2.43. The van der Waals surface area contributed by atoms with Crippen LogP contribution in [0.4, 0.5) is 5.69 Å². The van der Waals surface area contributed by atoms with Crippen LogP contribution in [0.3, 0.4) is 0 Å². The first-order chi connectivity index (χ1) is 16.2. The van der Waals surface area contributed by atoms with Gasteiger partial charge in [0.15, 0.2) is 18.2 Å². The van der Waals surface area contributed by atoms with Crippen LogP contribution in [-0.4, -0.2) is 53.0 Å². The zero-order chi connectivity index (χ0) is 25.1. The Morgan fingerprint density at radius 1 is 1.15 bits per heavy atom. The van der Waals surface area contributed by atoms with Gasteiger partial charge in [-0.05, 0) is 38.5 Å². The molecule has 0 fully saturated rings. The zero-order valence-corrected chi connectivity index (χ0v) is 20.1. The van der Waals surface area contributed by atoms with Crippen molar-refractivity contribution < 1.29 is 33.8 Å². The number of Topliss-reactive ketones (excluding diaryl/α,β-unsaturated/α-hetero) is 1. The summed E-state index contributed by atoms with van der Waals surface area (Å²) in [4.78, 5) is 35.5. The molecular weight excluding hydrogens is 442 g/mol. The average Bonchev–Trinajstić information content (AvgIpc) is 2.80. The van der Waals surface area contributed by atoms with Gasteiger partial charge >= 0.3 is 5.97 Å². The predicted octanol–water partition coefficient (Wildman–Crippen LogP) is 4.51. The Kier molecular flexibility index (Phi) is 11.3. The van der Waals surface area contributed by atoms with Gasteiger partial charge in [0.2, 0.25) is 0 Å². The van der Waals surface area contributed by atoms with Crippen molar-refractivity contribution in [1.82, 2.24) is 0 Å². The van der Waals surface area contributed by atoms with Crippen molar-refractivity contribution in [2.24, 2.45) is 0 Å². The third-order valence-corrected chi connectivity index (χ3v) is 5.47. The second-order valence-corrected chi connectivity index (χ2v) is 8.64. The van der Waals surface area contributed by atoms with Crippen LogP contribution in [0.15, 0.2) is 35.9 Å². The van der Waals surface area contributed by atoms with E-state index in [2.05, 4.69) is 6.92 Å². The van der Waals surface area contributed by atoms with Gasteiger partial charge in [-0.2, -0.15) is 0 Å². The molecule has 0 spiro atoms. The molecule has 9 heteroatoms. The van der Waals surface area contributed by atoms with Gasteiger partial charge in [-0.25, -0.2) is 4.79 Å². The summed E-state index contributed by atoms with van der Waals surface area (Å²) in [5.41, 5.74) is 0.176. The molecule has 1 aromatic rings. The molecule has 1 aliphatic rings. The molecule has 0 aliphatic carbocycles. The van der Waals surface area contributed by atoms with E-state index in [1.54, 1.807) is 0 Å². The average molecular weight is 478 g/mol. The predicted molar refractivity (Wildman–Crippen MR) is 125 cm³/mol. The molecule has 2 rings (SSSR count). The SMILES string of the molecule is CCCCCCCC[C@@H](O)C1=C[C@@H](OC(C)C)O[C@H](COC(=O)c2ccc([N+](=O)[O-])cc2)C1=O. The maximum atomic E-state index is 13.0. The highest BCUT2D eigenvalue weighted by atomic mass is 16.7. The third kappa shape index (κ3) is 8.62. The molecule has 34 heavy (non-hydrogen) atoms. The van der Waals surface area contributed by atoms with Crippen molar-refractivity contribution in [1.29, 1.82) is 0 Å². The molecule has 0 amide bonds. The lowest BCUT2D eigenvalue weighted by Gasteiger charge is -2.30. The van der Waals surface area contributed by atoms with Gasteiger partial charge in [0.05, 0.1) is 22.7 Å². The fourth-order valence-corrected chi connectivity index (χ4v) is 3.63. The van der Waals surface area contributed by atoms with Gasteiger partial charge in [-0.15, -0.1) is 0 Å². The van der Waals surface area contributed by atoms with Gasteiger partial charge in [-0.1, -0.05) is 45.4 Å². The Labute approximate surface area is 200 Å². The molecule has 188 valence electrons. The number of carbonyl (C=O) groups is 2. The van der Waals surface area contributed by atoms with Crippen molar-refractivity contribution in [2.75, 3.05) is 6.61 Å². The summed E-state index contributed by atoms with van der Waals surface area (Å²) in [5, 5.41) is 21.4. The van der Waals surface area contributed by atoms with Gasteiger partial charge in [0.25, 0.3) is 5.69 Å². The number of carbonyl (C=O) groups excluding carboxylic acids is 2. The molecular formula is C25H35NO8. The third-order valence-electron chi connectivity index (χ3n) is 5.47. The fourth-order valence-electron chi connectivity index (χ4n) is 3.63. The Bertz CT molecular complexity index is 849. The Hall–Kier alpha value is -2.62. The van der Waals surface area contributed by atoms with Gasteiger partial charge in [0.1, 0.15) is 6.61 Å². The number of ether oxygens (including phenoxy) is 3. The number of rotatable bonds is 14. The summed E-state index contributed by atoms with van der Waals surface area (Å²) < 4.78 is 16.6. The highest BCUT2D eigenvalue weighted by Gasteiger charge is 2.35. The number of esters is 1. The summed E-state index contributed by atoms with van der Waals surface area (Å²) in [6, 6.07) is 4.96. The number of ketones is 1. The van der Waals surface area contributed by atoms with Crippen LogP contribution in [0.2, 0.25) is 0 Å². The summed E-state index contributed by atoms with van der Waals surface area (Å²) in [7, 11) is 0. The summed E-state index contributed by atoms with van der Waals surface area (Å²) in [6.07, 6.45) is 5.24. The molecule has 3 atom stereocenters. The van der Waals surface area contributed by atoms with Gasteiger partial charge in [0, 0.05) is 17.7 Å². The van der Waals surface area contributed by atoms with Crippen molar-refractivity contribution in [3.63, 3.8) is 0 Å². The van der Waals surface area contributed by atoms with Crippen LogP contribution in [0.5, 0.6) is 0 Å². The molecule has 0 radical (unpaired) electrons. The largest absolute Gasteiger partial charge is 0.459 e. The van der Waals surface area contributed by atoms with E-state index in [1.807, 2.05) is 13.8 Å². The van der Waals surface area contributed by atoms with E-state index in [1.165, 1.54) is 36.8 Å². The Morgan fingerprint density at radius 3 is 2.41 bits per heavy atom. The maximum Gasteiger partial charge on any atom is 0.338 e. The normalized spacial score (nSPS) is 19.1. The number of aliphatic hydroxyl groups excluding tert-OH is 1. The fraction of sp³-hybridized carbons (Fsp3) is 0.600. The summed E-state index contributed by atoms with van der Waals surface area (Å²) in [5.74, 6) is -1.19. The second kappa shape index (κ2) is 13.9. The van der Waals surface area contributed by atoms with Crippen LogP contribution < -0.4 is 0 Å². The van der Waals surface area contributed by atoms with Crippen molar-refractivity contribution >= 4 is 17.4 Å². The second-order valence-electron chi connectivity index (χ2n) is 8.64. The van der Waals surface area contributed by atoms with Crippen LogP contribution >= 0.6 is 0 Å². The first kappa shape index (κ1) is 27.6. The Morgan fingerprint density at radius 2 is 1.79 bits per heavy atom. The van der Waals surface area contributed by atoms with Gasteiger partial charge in [-0.3, -0.25) is 14.9 Å². The maximum absolute atomic E-state index is 13.0. The number of unbranched alkanes of at least 4 members (excludes halogenated alkanes) is 5. The molecule has 0 saturated carbocycles. The minimum atomic E-state index is -1.12. The lowest BCUT2D eigenvalue weighted by molar-refractivity contribution is -0.384. The molecule has 0 bridgehead atoms. The molecule has 0 saturated heterocycles. The number of nitro benzene ring substituents is 1. The Balaban J connectivity index is 1.99. The number of hydrogen-bond acceptors (Lipinski definition) is 8. The van der Waals surface area contributed by atoms with E-state index in [9.17, 15) is 24.8 Å². The molecule has 1 heterocycles. The van der Waals surface area contributed by atoms with Crippen molar-refractivity contribution in [3.8, 4) is 0 Å². The van der Waals surface area contributed by atoms with Crippen LogP contribution in [-0.2, 0) is 19.0 Å². The quantitative estimate of drug-likeness (QED) is 0.180. The number of nitro groups is 1. The zero-order valence-electron chi connectivity index (χ0n) is 20.1. The molecule has 0 aromatic heterocycles. The van der Waals surface area contributed by atoms with Crippen LogP contribution in [0.25, 0.3) is 0 Å². The van der Waals surface area contributed by atoms with Crippen molar-refractivity contribution in [3.05, 3.63) is 51.6 Å². The summed E-state index contributed by atoms with van der Waals surface area (Å²) >= 11 is 0. The molecule has 0 unspecified atom stereocenters.